The van der Waals surface area contributed by atoms with Crippen LogP contribution in [-0.4, -0.2) is 25.0 Å². The molecule has 0 aromatic carbocycles. The lowest BCUT2D eigenvalue weighted by Crippen LogP contribution is -2.43. The molecule has 1 atom stereocenters. The summed E-state index contributed by atoms with van der Waals surface area (Å²) in [5.41, 5.74) is 0. The Labute approximate surface area is 98.4 Å². The van der Waals surface area contributed by atoms with Crippen molar-refractivity contribution >= 4 is 5.91 Å². The van der Waals surface area contributed by atoms with E-state index in [2.05, 4.69) is 10.6 Å². The van der Waals surface area contributed by atoms with Gasteiger partial charge in [0.25, 0.3) is 0 Å². The van der Waals surface area contributed by atoms with Crippen molar-refractivity contribution in [2.45, 2.75) is 57.4 Å². The van der Waals surface area contributed by atoms with Gasteiger partial charge in [0.1, 0.15) is 0 Å². The van der Waals surface area contributed by atoms with Crippen LogP contribution in [0.3, 0.4) is 0 Å². The zero-order chi connectivity index (χ0) is 11.2. The molecule has 92 valence electrons. The molecule has 1 aliphatic carbocycles. The summed E-state index contributed by atoms with van der Waals surface area (Å²) in [7, 11) is 0. The van der Waals surface area contributed by atoms with Crippen LogP contribution in [0.1, 0.15) is 51.4 Å². The minimum Gasteiger partial charge on any atom is -0.352 e. The standard InChI is InChI=1S/C13H24N2O/c16-13(11-6-2-1-3-7-11)15-12-8-4-5-9-14-10-12/h11-12,14H,1-10H2,(H,15,16). The minimum atomic E-state index is 0.303. The maximum absolute atomic E-state index is 12.0. The van der Waals surface area contributed by atoms with Crippen LogP contribution in [-0.2, 0) is 4.79 Å². The zero-order valence-corrected chi connectivity index (χ0v) is 10.1. The van der Waals surface area contributed by atoms with Gasteiger partial charge in [-0.15, -0.1) is 0 Å². The maximum Gasteiger partial charge on any atom is 0.223 e. The molecule has 0 radical (unpaired) electrons. The Morgan fingerprint density at radius 2 is 1.75 bits per heavy atom. The van der Waals surface area contributed by atoms with Crippen LogP contribution in [0.2, 0.25) is 0 Å². The number of carbonyl (C=O) groups excluding carboxylic acids is 1. The summed E-state index contributed by atoms with van der Waals surface area (Å²) >= 11 is 0. The average Bonchev–Trinajstić information content (AvgIpc) is 2.59. The van der Waals surface area contributed by atoms with E-state index in [9.17, 15) is 4.79 Å². The highest BCUT2D eigenvalue weighted by Crippen LogP contribution is 2.23. The van der Waals surface area contributed by atoms with Gasteiger partial charge in [-0.2, -0.15) is 0 Å². The first-order chi connectivity index (χ1) is 7.86. The normalized spacial score (nSPS) is 28.4. The second kappa shape index (κ2) is 6.24. The van der Waals surface area contributed by atoms with Crippen LogP contribution in [0.25, 0.3) is 0 Å². The second-order valence-corrected chi connectivity index (χ2v) is 5.24. The summed E-state index contributed by atoms with van der Waals surface area (Å²) < 4.78 is 0. The third-order valence-corrected chi connectivity index (χ3v) is 3.87. The van der Waals surface area contributed by atoms with Crippen LogP contribution < -0.4 is 10.6 Å². The molecule has 0 spiro atoms. The van der Waals surface area contributed by atoms with Crippen LogP contribution in [0.5, 0.6) is 0 Å². The average molecular weight is 224 g/mol. The Morgan fingerprint density at radius 3 is 2.56 bits per heavy atom. The topological polar surface area (TPSA) is 41.1 Å². The third-order valence-electron chi connectivity index (χ3n) is 3.87. The molecule has 3 nitrogen and oxygen atoms in total. The number of carbonyl (C=O) groups is 1. The molecule has 1 saturated heterocycles. The van der Waals surface area contributed by atoms with E-state index in [0.29, 0.717) is 17.9 Å². The van der Waals surface area contributed by atoms with Gasteiger partial charge in [-0.05, 0) is 32.2 Å². The predicted molar refractivity (Wildman–Crippen MR) is 65.2 cm³/mol. The first-order valence-electron chi connectivity index (χ1n) is 6.87. The molecule has 1 saturated carbocycles. The molecule has 0 aromatic rings. The summed E-state index contributed by atoms with van der Waals surface area (Å²) in [6, 6.07) is 0.372. The quantitative estimate of drug-likeness (QED) is 0.751. The van der Waals surface area contributed by atoms with E-state index in [4.69, 9.17) is 0 Å². The molecular weight excluding hydrogens is 200 g/mol. The molecule has 2 fully saturated rings. The monoisotopic (exact) mass is 224 g/mol. The summed E-state index contributed by atoms with van der Waals surface area (Å²) in [4.78, 5) is 12.0. The highest BCUT2D eigenvalue weighted by molar-refractivity contribution is 5.79. The van der Waals surface area contributed by atoms with Gasteiger partial charge in [0.05, 0.1) is 0 Å². The third kappa shape index (κ3) is 3.48. The molecule has 2 N–H and O–H groups in total. The summed E-state index contributed by atoms with van der Waals surface area (Å²) in [5, 5.41) is 6.62. The fraction of sp³-hybridized carbons (Fsp3) is 0.923. The molecule has 0 bridgehead atoms. The van der Waals surface area contributed by atoms with Gasteiger partial charge in [-0.25, -0.2) is 0 Å². The van der Waals surface area contributed by atoms with Crippen molar-refractivity contribution in [3.63, 3.8) is 0 Å². The molecule has 3 heteroatoms. The molecule has 0 aromatic heterocycles. The van der Waals surface area contributed by atoms with Crippen LogP contribution in [0.4, 0.5) is 0 Å². The van der Waals surface area contributed by atoms with Crippen molar-refractivity contribution < 1.29 is 4.79 Å². The summed E-state index contributed by atoms with van der Waals surface area (Å²) in [6.45, 7) is 2.06. The van der Waals surface area contributed by atoms with Crippen molar-refractivity contribution in [2.24, 2.45) is 5.92 Å². The van der Waals surface area contributed by atoms with E-state index in [1.54, 1.807) is 0 Å². The molecule has 2 aliphatic rings. The van der Waals surface area contributed by atoms with E-state index >= 15 is 0 Å². The zero-order valence-electron chi connectivity index (χ0n) is 10.1. The summed E-state index contributed by atoms with van der Waals surface area (Å²) in [5.74, 6) is 0.616. The highest BCUT2D eigenvalue weighted by Gasteiger charge is 2.23. The molecule has 1 aliphatic heterocycles. The number of nitrogens with one attached hydrogen (secondary N) is 2. The number of rotatable bonds is 2. The van der Waals surface area contributed by atoms with Gasteiger partial charge in [0, 0.05) is 18.5 Å². The number of hydrogen-bond donors (Lipinski definition) is 2. The Bertz CT molecular complexity index is 216. The smallest absolute Gasteiger partial charge is 0.223 e. The van der Waals surface area contributed by atoms with Crippen LogP contribution >= 0.6 is 0 Å². The molecule has 2 rings (SSSR count). The van der Waals surface area contributed by atoms with Crippen molar-refractivity contribution in [3.8, 4) is 0 Å². The van der Waals surface area contributed by atoms with Gasteiger partial charge in [-0.1, -0.05) is 25.7 Å². The Hall–Kier alpha value is -0.570. The van der Waals surface area contributed by atoms with Crippen molar-refractivity contribution in [3.05, 3.63) is 0 Å². The molecule has 16 heavy (non-hydrogen) atoms. The molecular formula is C13H24N2O. The van der Waals surface area contributed by atoms with Crippen LogP contribution in [0, 0.1) is 5.92 Å². The van der Waals surface area contributed by atoms with Gasteiger partial charge < -0.3 is 10.6 Å². The van der Waals surface area contributed by atoms with Gasteiger partial charge >= 0.3 is 0 Å². The Kier molecular flexibility index (Phi) is 4.64. The number of hydrogen-bond acceptors (Lipinski definition) is 2. The minimum absolute atomic E-state index is 0.303. The van der Waals surface area contributed by atoms with Crippen molar-refractivity contribution in [1.29, 1.82) is 0 Å². The summed E-state index contributed by atoms with van der Waals surface area (Å²) in [6.07, 6.45) is 9.62. The second-order valence-electron chi connectivity index (χ2n) is 5.24. The van der Waals surface area contributed by atoms with E-state index in [1.807, 2.05) is 0 Å². The first-order valence-corrected chi connectivity index (χ1v) is 6.87. The lowest BCUT2D eigenvalue weighted by Gasteiger charge is -2.24. The maximum atomic E-state index is 12.0. The van der Waals surface area contributed by atoms with Crippen molar-refractivity contribution in [1.82, 2.24) is 10.6 Å². The molecule has 1 unspecified atom stereocenters. The van der Waals surface area contributed by atoms with Crippen LogP contribution in [0.15, 0.2) is 0 Å². The Balaban J connectivity index is 1.76. The van der Waals surface area contributed by atoms with Gasteiger partial charge in [0.2, 0.25) is 5.91 Å². The predicted octanol–water partition coefficient (Wildman–Crippen LogP) is 1.82. The largest absolute Gasteiger partial charge is 0.352 e. The number of amides is 1. The van der Waals surface area contributed by atoms with Crippen molar-refractivity contribution in [2.75, 3.05) is 13.1 Å². The van der Waals surface area contributed by atoms with E-state index in [-0.39, 0.29) is 0 Å². The highest BCUT2D eigenvalue weighted by atomic mass is 16.1. The first kappa shape index (κ1) is 11.9. The molecule has 1 amide bonds. The lowest BCUT2D eigenvalue weighted by atomic mass is 9.88. The Morgan fingerprint density at radius 1 is 1.00 bits per heavy atom. The van der Waals surface area contributed by atoms with E-state index in [1.165, 1.54) is 32.1 Å². The fourth-order valence-corrected chi connectivity index (χ4v) is 2.83. The lowest BCUT2D eigenvalue weighted by molar-refractivity contribution is -0.126. The fourth-order valence-electron chi connectivity index (χ4n) is 2.83. The van der Waals surface area contributed by atoms with E-state index < -0.39 is 0 Å². The van der Waals surface area contributed by atoms with Gasteiger partial charge in [-0.3, -0.25) is 4.79 Å². The van der Waals surface area contributed by atoms with E-state index in [0.717, 1.165) is 32.4 Å². The van der Waals surface area contributed by atoms with Gasteiger partial charge in [0.15, 0.2) is 0 Å². The SMILES string of the molecule is O=C(NC1CCCCNC1)C1CCCCC1. The molecule has 1 heterocycles.